The molecule has 3 heteroatoms. The number of nitrogens with two attached hydrogens (primary N) is 1. The maximum atomic E-state index is 5.35. The van der Waals surface area contributed by atoms with Gasteiger partial charge in [-0.15, -0.1) is 5.70 Å². The standard InChI is InChI=1S/C7H19NSi2/c1-10(2,3)9-7-5-4-6-8/h5,7H,4,6,8-9H2,1-3H3. The van der Waals surface area contributed by atoms with Crippen LogP contribution in [0.1, 0.15) is 6.42 Å². The number of hydrogen-bond acceptors (Lipinski definition) is 1. The first-order chi connectivity index (χ1) is 4.56. The minimum absolute atomic E-state index is 0.132. The lowest BCUT2D eigenvalue weighted by Crippen LogP contribution is -2.28. The summed E-state index contributed by atoms with van der Waals surface area (Å²) in [5, 5.41) is 0. The third-order valence-electron chi connectivity index (χ3n) is 1.23. The molecule has 0 saturated heterocycles. The molecule has 0 heterocycles. The molecule has 0 atom stereocenters. The zero-order chi connectivity index (χ0) is 8.04. The molecule has 1 nitrogen and oxygen atoms in total. The van der Waals surface area contributed by atoms with Gasteiger partial charge in [-0.1, -0.05) is 25.7 Å². The van der Waals surface area contributed by atoms with Gasteiger partial charge in [0.15, 0.2) is 0 Å². The third kappa shape index (κ3) is 8.13. The van der Waals surface area contributed by atoms with Crippen molar-refractivity contribution in [3.05, 3.63) is 11.8 Å². The maximum Gasteiger partial charge on any atom is 0.0395 e. The molecule has 0 bridgehead atoms. The molecule has 0 aromatic heterocycles. The molecule has 0 aliphatic rings. The molecule has 0 rings (SSSR count). The molecular formula is C7H19NSi2. The second kappa shape index (κ2) is 4.87. The van der Waals surface area contributed by atoms with E-state index in [-0.39, 0.29) is 9.04 Å². The minimum Gasteiger partial charge on any atom is -0.330 e. The lowest BCUT2D eigenvalue weighted by molar-refractivity contribution is 1.01. The predicted octanol–water partition coefficient (Wildman–Crippen LogP) is 0.853. The van der Waals surface area contributed by atoms with E-state index < -0.39 is 7.59 Å². The van der Waals surface area contributed by atoms with Crippen molar-refractivity contribution in [2.75, 3.05) is 6.54 Å². The molecule has 0 saturated carbocycles. The second-order valence-corrected chi connectivity index (χ2v) is 17.4. The Bertz CT molecular complexity index is 105. The molecule has 0 aliphatic heterocycles. The highest BCUT2D eigenvalue weighted by Gasteiger charge is 2.09. The SMILES string of the molecule is C[Si](C)(C)[SiH2]C=CCCN. The molecule has 0 amide bonds. The van der Waals surface area contributed by atoms with Gasteiger partial charge in [0, 0.05) is 16.6 Å². The first-order valence-corrected chi connectivity index (χ1v) is 10.6. The summed E-state index contributed by atoms with van der Waals surface area (Å²) in [4.78, 5) is 0. The van der Waals surface area contributed by atoms with Crippen LogP contribution in [-0.2, 0) is 0 Å². The van der Waals surface area contributed by atoms with Crippen molar-refractivity contribution in [1.29, 1.82) is 0 Å². The van der Waals surface area contributed by atoms with Gasteiger partial charge in [0.2, 0.25) is 0 Å². The molecule has 0 aliphatic carbocycles. The highest BCUT2D eigenvalue weighted by Crippen LogP contribution is 1.97. The predicted molar refractivity (Wildman–Crippen MR) is 54.7 cm³/mol. The van der Waals surface area contributed by atoms with E-state index in [4.69, 9.17) is 5.73 Å². The number of hydrogen-bond donors (Lipinski definition) is 1. The van der Waals surface area contributed by atoms with Gasteiger partial charge in [-0.25, -0.2) is 0 Å². The summed E-state index contributed by atoms with van der Waals surface area (Å²) in [6.45, 7) is 8.11. The normalized spacial score (nSPS) is 14.0. The van der Waals surface area contributed by atoms with Crippen LogP contribution in [0.15, 0.2) is 11.8 Å². The largest absolute Gasteiger partial charge is 0.330 e. The van der Waals surface area contributed by atoms with Crippen LogP contribution in [0, 0.1) is 0 Å². The van der Waals surface area contributed by atoms with Gasteiger partial charge in [0.25, 0.3) is 0 Å². The van der Waals surface area contributed by atoms with Gasteiger partial charge >= 0.3 is 0 Å². The summed E-state index contributed by atoms with van der Waals surface area (Å²) in [7, 11) is -0.564. The molecule has 2 N–H and O–H groups in total. The summed E-state index contributed by atoms with van der Waals surface area (Å²) in [6, 6.07) is 0. The van der Waals surface area contributed by atoms with Crippen molar-refractivity contribution in [1.82, 2.24) is 0 Å². The molecule has 0 aromatic rings. The zero-order valence-corrected chi connectivity index (χ0v) is 9.77. The average molecular weight is 173 g/mol. The van der Waals surface area contributed by atoms with Crippen LogP contribution >= 0.6 is 0 Å². The average Bonchev–Trinajstić information content (AvgIpc) is 1.78. The topological polar surface area (TPSA) is 26.0 Å². The fraction of sp³-hybridized carbons (Fsp3) is 0.714. The molecule has 60 valence electrons. The van der Waals surface area contributed by atoms with E-state index in [0.29, 0.717) is 0 Å². The minimum atomic E-state index is -0.696. The van der Waals surface area contributed by atoms with Gasteiger partial charge in [-0.05, 0) is 13.0 Å². The van der Waals surface area contributed by atoms with Crippen LogP contribution in [0.3, 0.4) is 0 Å². The van der Waals surface area contributed by atoms with Crippen LogP contribution in [0.5, 0.6) is 0 Å². The fourth-order valence-corrected chi connectivity index (χ4v) is 4.38. The summed E-state index contributed by atoms with van der Waals surface area (Å²) in [6.07, 6.45) is 3.32. The second-order valence-electron chi connectivity index (χ2n) is 3.81. The van der Waals surface area contributed by atoms with Crippen molar-refractivity contribution in [3.63, 3.8) is 0 Å². The van der Waals surface area contributed by atoms with Crippen LogP contribution in [0.25, 0.3) is 0 Å². The van der Waals surface area contributed by atoms with Crippen molar-refractivity contribution in [3.8, 4) is 0 Å². The van der Waals surface area contributed by atoms with Gasteiger partial charge in [0.05, 0.1) is 0 Å². The Balaban J connectivity index is 3.34. The van der Waals surface area contributed by atoms with E-state index >= 15 is 0 Å². The van der Waals surface area contributed by atoms with Crippen molar-refractivity contribution >= 4 is 16.6 Å². The highest BCUT2D eigenvalue weighted by atomic mass is 29.2. The third-order valence-corrected chi connectivity index (χ3v) is 7.41. The molecule has 0 aromatic carbocycles. The molecular weight excluding hydrogens is 154 g/mol. The summed E-state index contributed by atoms with van der Waals surface area (Å²) < 4.78 is 0. The van der Waals surface area contributed by atoms with E-state index in [1.807, 2.05) is 0 Å². The van der Waals surface area contributed by atoms with E-state index in [2.05, 4.69) is 31.4 Å². The Morgan fingerprint density at radius 3 is 2.40 bits per heavy atom. The Morgan fingerprint density at radius 1 is 1.40 bits per heavy atom. The Morgan fingerprint density at radius 2 is 2.00 bits per heavy atom. The van der Waals surface area contributed by atoms with E-state index in [9.17, 15) is 0 Å². The zero-order valence-electron chi connectivity index (χ0n) is 7.35. The van der Waals surface area contributed by atoms with Gasteiger partial charge in [0.1, 0.15) is 0 Å². The first-order valence-electron chi connectivity index (χ1n) is 3.91. The first kappa shape index (κ1) is 10.1. The van der Waals surface area contributed by atoms with E-state index in [1.165, 1.54) is 0 Å². The van der Waals surface area contributed by atoms with Gasteiger partial charge in [-0.3, -0.25) is 0 Å². The smallest absolute Gasteiger partial charge is 0.0395 e. The molecule has 10 heavy (non-hydrogen) atoms. The van der Waals surface area contributed by atoms with Crippen LogP contribution in [0.4, 0.5) is 0 Å². The van der Waals surface area contributed by atoms with Crippen LogP contribution < -0.4 is 5.73 Å². The highest BCUT2D eigenvalue weighted by molar-refractivity contribution is 7.24. The molecule has 0 spiro atoms. The summed E-state index contributed by atoms with van der Waals surface area (Å²) in [5.74, 6) is 0. The Labute approximate surface area is 67.3 Å². The molecule has 0 unspecified atom stereocenters. The van der Waals surface area contributed by atoms with Crippen molar-refractivity contribution < 1.29 is 0 Å². The summed E-state index contributed by atoms with van der Waals surface area (Å²) >= 11 is 0. The lowest BCUT2D eigenvalue weighted by Gasteiger charge is -2.10. The van der Waals surface area contributed by atoms with E-state index in [0.717, 1.165) is 13.0 Å². The van der Waals surface area contributed by atoms with E-state index in [1.54, 1.807) is 0 Å². The lowest BCUT2D eigenvalue weighted by atomic mass is 10.4. The van der Waals surface area contributed by atoms with Gasteiger partial charge in [-0.2, -0.15) is 0 Å². The molecule has 0 radical (unpaired) electrons. The van der Waals surface area contributed by atoms with Crippen LogP contribution in [-0.4, -0.2) is 23.2 Å². The maximum absolute atomic E-state index is 5.35. The monoisotopic (exact) mass is 173 g/mol. The van der Waals surface area contributed by atoms with Crippen LogP contribution in [0.2, 0.25) is 19.6 Å². The van der Waals surface area contributed by atoms with Crippen molar-refractivity contribution in [2.24, 2.45) is 5.73 Å². The Kier molecular flexibility index (Phi) is 4.94. The fourth-order valence-electron chi connectivity index (χ4n) is 0.651. The Hall–Kier alpha value is 0.134. The molecule has 0 fully saturated rings. The summed E-state index contributed by atoms with van der Waals surface area (Å²) in [5.41, 5.74) is 7.77. The van der Waals surface area contributed by atoms with Gasteiger partial charge < -0.3 is 5.73 Å². The van der Waals surface area contributed by atoms with Crippen molar-refractivity contribution in [2.45, 2.75) is 26.1 Å². The number of rotatable bonds is 4. The quantitative estimate of drug-likeness (QED) is 0.627.